The Morgan fingerprint density at radius 2 is 1.38 bits per heavy atom. The van der Waals surface area contributed by atoms with Gasteiger partial charge in [0.15, 0.2) is 0 Å². The highest BCUT2D eigenvalue weighted by Gasteiger charge is 2.29. The molecule has 1 atom stereocenters. The van der Waals surface area contributed by atoms with Gasteiger partial charge in [0.2, 0.25) is 0 Å². The summed E-state index contributed by atoms with van der Waals surface area (Å²) >= 11 is 12.0. The molecule has 3 aromatic carbocycles. The first kappa shape index (κ1) is 17.1. The van der Waals surface area contributed by atoms with E-state index >= 15 is 0 Å². The van der Waals surface area contributed by atoms with E-state index in [0.29, 0.717) is 10.0 Å². The number of hydrazone groups is 1. The third kappa shape index (κ3) is 3.46. The van der Waals surface area contributed by atoms with E-state index < -0.39 is 0 Å². The van der Waals surface area contributed by atoms with Crippen LogP contribution >= 0.6 is 23.2 Å². The monoisotopic (exact) mass is 384 g/mol. The zero-order chi connectivity index (χ0) is 18.1. The predicted octanol–water partition coefficient (Wildman–Crippen LogP) is 6.49. The number of nitrogens with zero attached hydrogens (tertiary/aromatic N) is 2. The molecule has 0 saturated carbocycles. The van der Waals surface area contributed by atoms with Crippen molar-refractivity contribution in [3.63, 3.8) is 0 Å². The van der Waals surface area contributed by atoms with Crippen LogP contribution in [0.4, 0.5) is 10.1 Å². The number of rotatable bonds is 3. The van der Waals surface area contributed by atoms with Gasteiger partial charge >= 0.3 is 0 Å². The number of hydrogen-bond acceptors (Lipinski definition) is 2. The first-order chi connectivity index (χ1) is 12.6. The quantitative estimate of drug-likeness (QED) is 0.503. The van der Waals surface area contributed by atoms with Crippen LogP contribution in [0.15, 0.2) is 77.9 Å². The maximum Gasteiger partial charge on any atom is 0.123 e. The Kier molecular flexibility index (Phi) is 4.66. The second-order valence-corrected chi connectivity index (χ2v) is 7.02. The molecule has 4 rings (SSSR count). The fourth-order valence-electron chi connectivity index (χ4n) is 3.10. The molecule has 3 aromatic rings. The molecule has 130 valence electrons. The van der Waals surface area contributed by atoms with E-state index in [9.17, 15) is 4.39 Å². The van der Waals surface area contributed by atoms with Crippen LogP contribution in [0.5, 0.6) is 0 Å². The third-order valence-electron chi connectivity index (χ3n) is 4.43. The summed E-state index contributed by atoms with van der Waals surface area (Å²) in [6.45, 7) is 0. The van der Waals surface area contributed by atoms with E-state index in [1.807, 2.05) is 53.5 Å². The van der Waals surface area contributed by atoms with Gasteiger partial charge in [-0.3, -0.25) is 5.01 Å². The molecule has 2 nitrogen and oxygen atoms in total. The molecule has 1 unspecified atom stereocenters. The molecule has 0 saturated heterocycles. The first-order valence-corrected chi connectivity index (χ1v) is 8.99. The lowest BCUT2D eigenvalue weighted by atomic mass is 9.98. The molecule has 0 spiro atoms. The van der Waals surface area contributed by atoms with Gasteiger partial charge in [-0.25, -0.2) is 4.39 Å². The van der Waals surface area contributed by atoms with Crippen molar-refractivity contribution in [1.29, 1.82) is 0 Å². The molecule has 0 amide bonds. The lowest BCUT2D eigenvalue weighted by Gasteiger charge is -2.24. The Morgan fingerprint density at radius 3 is 2.00 bits per heavy atom. The van der Waals surface area contributed by atoms with Gasteiger partial charge < -0.3 is 0 Å². The summed E-state index contributed by atoms with van der Waals surface area (Å²) in [7, 11) is 0. The van der Waals surface area contributed by atoms with Gasteiger partial charge in [-0.1, -0.05) is 47.5 Å². The molecule has 0 aliphatic carbocycles. The standard InChI is InChI=1S/C21H15Cl2FN2/c22-16-5-1-14(2-6-16)20-13-21(15-3-7-17(23)8-4-15)26(25-20)19-11-9-18(24)10-12-19/h1-12,21H,13H2. The predicted molar refractivity (Wildman–Crippen MR) is 106 cm³/mol. The Labute approximate surface area is 161 Å². The van der Waals surface area contributed by atoms with Crippen LogP contribution in [0.25, 0.3) is 0 Å². The molecule has 0 fully saturated rings. The summed E-state index contributed by atoms with van der Waals surface area (Å²) in [5.41, 5.74) is 3.94. The van der Waals surface area contributed by atoms with Gasteiger partial charge in [0.25, 0.3) is 0 Å². The highest BCUT2D eigenvalue weighted by atomic mass is 35.5. The Balaban J connectivity index is 1.74. The van der Waals surface area contributed by atoms with E-state index in [2.05, 4.69) is 0 Å². The van der Waals surface area contributed by atoms with Crippen LogP contribution in [0.1, 0.15) is 23.6 Å². The topological polar surface area (TPSA) is 15.6 Å². The Bertz CT molecular complexity index is 935. The number of hydrogen-bond donors (Lipinski definition) is 0. The van der Waals surface area contributed by atoms with Crippen LogP contribution < -0.4 is 5.01 Å². The van der Waals surface area contributed by atoms with Gasteiger partial charge in [-0.2, -0.15) is 5.10 Å². The molecule has 0 bridgehead atoms. The lowest BCUT2D eigenvalue weighted by Crippen LogP contribution is -2.18. The summed E-state index contributed by atoms with van der Waals surface area (Å²) in [4.78, 5) is 0. The van der Waals surface area contributed by atoms with Crippen LogP contribution in [0.3, 0.4) is 0 Å². The van der Waals surface area contributed by atoms with Crippen molar-refractivity contribution >= 4 is 34.6 Å². The number of anilines is 1. The SMILES string of the molecule is Fc1ccc(N2N=C(c3ccc(Cl)cc3)CC2c2ccc(Cl)cc2)cc1. The zero-order valence-corrected chi connectivity index (χ0v) is 15.3. The largest absolute Gasteiger partial charge is 0.257 e. The molecular formula is C21H15Cl2FN2. The lowest BCUT2D eigenvalue weighted by molar-refractivity contribution is 0.626. The molecule has 5 heteroatoms. The van der Waals surface area contributed by atoms with Gasteiger partial charge in [0.1, 0.15) is 5.82 Å². The van der Waals surface area contributed by atoms with Crippen molar-refractivity contribution < 1.29 is 4.39 Å². The van der Waals surface area contributed by atoms with Crippen molar-refractivity contribution in [2.24, 2.45) is 5.10 Å². The number of benzene rings is 3. The van der Waals surface area contributed by atoms with Crippen LogP contribution in [0.2, 0.25) is 10.0 Å². The molecule has 1 heterocycles. The minimum Gasteiger partial charge on any atom is -0.257 e. The summed E-state index contributed by atoms with van der Waals surface area (Å²) in [5.74, 6) is -0.266. The van der Waals surface area contributed by atoms with Crippen LogP contribution in [-0.4, -0.2) is 5.71 Å². The molecular weight excluding hydrogens is 370 g/mol. The fraction of sp³-hybridized carbons (Fsp3) is 0.0952. The van der Waals surface area contributed by atoms with E-state index in [-0.39, 0.29) is 11.9 Å². The second-order valence-electron chi connectivity index (χ2n) is 6.15. The summed E-state index contributed by atoms with van der Waals surface area (Å²) in [6.07, 6.45) is 0.737. The minimum atomic E-state index is -0.266. The van der Waals surface area contributed by atoms with Crippen LogP contribution in [0, 0.1) is 5.82 Å². The van der Waals surface area contributed by atoms with Crippen molar-refractivity contribution in [1.82, 2.24) is 0 Å². The summed E-state index contributed by atoms with van der Waals surface area (Å²) in [5, 5.41) is 8.14. The smallest absolute Gasteiger partial charge is 0.123 e. The molecule has 0 radical (unpaired) electrons. The van der Waals surface area contributed by atoms with Crippen molar-refractivity contribution in [3.05, 3.63) is 99.8 Å². The van der Waals surface area contributed by atoms with Crippen LogP contribution in [-0.2, 0) is 0 Å². The highest BCUT2D eigenvalue weighted by molar-refractivity contribution is 6.31. The Hall–Kier alpha value is -2.36. The zero-order valence-electron chi connectivity index (χ0n) is 13.7. The molecule has 1 aliphatic heterocycles. The van der Waals surface area contributed by atoms with E-state index in [1.54, 1.807) is 12.1 Å². The van der Waals surface area contributed by atoms with E-state index in [4.69, 9.17) is 28.3 Å². The minimum absolute atomic E-state index is 0.0170. The average Bonchev–Trinajstić information content (AvgIpc) is 3.09. The van der Waals surface area contributed by atoms with Crippen molar-refractivity contribution in [3.8, 4) is 0 Å². The van der Waals surface area contributed by atoms with E-state index in [1.165, 1.54) is 12.1 Å². The normalized spacial score (nSPS) is 16.7. The van der Waals surface area contributed by atoms with Crippen molar-refractivity contribution in [2.75, 3.05) is 5.01 Å². The third-order valence-corrected chi connectivity index (χ3v) is 4.94. The molecule has 1 aliphatic rings. The first-order valence-electron chi connectivity index (χ1n) is 8.24. The molecule has 0 aromatic heterocycles. The second kappa shape index (κ2) is 7.10. The Morgan fingerprint density at radius 1 is 0.808 bits per heavy atom. The van der Waals surface area contributed by atoms with Crippen molar-refractivity contribution in [2.45, 2.75) is 12.5 Å². The maximum absolute atomic E-state index is 13.3. The van der Waals surface area contributed by atoms with E-state index in [0.717, 1.165) is 28.9 Å². The van der Waals surface area contributed by atoms with Gasteiger partial charge in [-0.05, 0) is 59.7 Å². The fourth-order valence-corrected chi connectivity index (χ4v) is 3.36. The number of halogens is 3. The van der Waals surface area contributed by atoms with Gasteiger partial charge in [0, 0.05) is 16.5 Å². The highest BCUT2D eigenvalue weighted by Crippen LogP contribution is 2.37. The maximum atomic E-state index is 13.3. The molecule has 26 heavy (non-hydrogen) atoms. The molecule has 0 N–H and O–H groups in total. The van der Waals surface area contributed by atoms with Gasteiger partial charge in [-0.15, -0.1) is 0 Å². The summed E-state index contributed by atoms with van der Waals surface area (Å²) < 4.78 is 13.3. The average molecular weight is 385 g/mol. The summed E-state index contributed by atoms with van der Waals surface area (Å²) in [6, 6.07) is 21.8. The van der Waals surface area contributed by atoms with Gasteiger partial charge in [0.05, 0.1) is 17.4 Å².